The molecule has 2 aromatic rings. The van der Waals surface area contributed by atoms with Gasteiger partial charge < -0.3 is 5.73 Å². The lowest BCUT2D eigenvalue weighted by molar-refractivity contribution is 0.0953. The minimum absolute atomic E-state index is 0.347. The van der Waals surface area contributed by atoms with Crippen LogP contribution in [0.2, 0.25) is 0 Å². The van der Waals surface area contributed by atoms with E-state index in [2.05, 4.69) is 5.43 Å². The maximum atomic E-state index is 13.2. The van der Waals surface area contributed by atoms with Crippen LogP contribution in [-0.2, 0) is 5.75 Å². The Morgan fingerprint density at radius 3 is 2.70 bits per heavy atom. The summed E-state index contributed by atoms with van der Waals surface area (Å²) in [6.45, 7) is 0. The molecule has 20 heavy (non-hydrogen) atoms. The number of carbonyl (C=O) groups excluding carboxylic acids is 1. The summed E-state index contributed by atoms with van der Waals surface area (Å²) in [7, 11) is 0. The number of thioether (sulfide) groups is 1. The molecule has 2 rings (SSSR count). The maximum absolute atomic E-state index is 13.2. The van der Waals surface area contributed by atoms with Crippen LogP contribution in [0.25, 0.3) is 0 Å². The van der Waals surface area contributed by atoms with Crippen molar-refractivity contribution in [1.82, 2.24) is 5.43 Å². The van der Waals surface area contributed by atoms with Gasteiger partial charge in [0.1, 0.15) is 5.82 Å². The van der Waals surface area contributed by atoms with Gasteiger partial charge in [-0.1, -0.05) is 18.2 Å². The molecule has 104 valence electrons. The predicted octanol–water partition coefficient (Wildman–Crippen LogP) is 2.30. The van der Waals surface area contributed by atoms with E-state index >= 15 is 0 Å². The van der Waals surface area contributed by atoms with Crippen molar-refractivity contribution in [1.29, 1.82) is 0 Å². The van der Waals surface area contributed by atoms with Crippen molar-refractivity contribution in [3.8, 4) is 0 Å². The molecule has 0 fully saturated rings. The third kappa shape index (κ3) is 3.49. The van der Waals surface area contributed by atoms with Crippen molar-refractivity contribution in [3.63, 3.8) is 0 Å². The smallest absolute Gasteiger partial charge is 0.265 e. The number of anilines is 1. The fraction of sp³-hybridized carbons (Fsp3) is 0.0714. The van der Waals surface area contributed by atoms with E-state index in [0.717, 1.165) is 5.56 Å². The average molecular weight is 291 g/mol. The first kappa shape index (κ1) is 14.4. The number of nitrogens with one attached hydrogen (secondary N) is 1. The topological polar surface area (TPSA) is 81.1 Å². The van der Waals surface area contributed by atoms with Crippen LogP contribution in [-0.4, -0.2) is 5.91 Å². The minimum Gasteiger partial charge on any atom is -0.399 e. The van der Waals surface area contributed by atoms with E-state index < -0.39 is 0 Å². The number of nitrogen functional groups attached to an aromatic ring is 2. The Balaban J connectivity index is 2.16. The first-order valence-corrected chi connectivity index (χ1v) is 6.86. The van der Waals surface area contributed by atoms with Crippen molar-refractivity contribution in [2.24, 2.45) is 5.84 Å². The van der Waals surface area contributed by atoms with Gasteiger partial charge in [-0.2, -0.15) is 0 Å². The molecule has 0 saturated carbocycles. The van der Waals surface area contributed by atoms with Crippen molar-refractivity contribution in [2.75, 3.05) is 5.73 Å². The first-order valence-electron chi connectivity index (χ1n) is 5.88. The molecule has 0 aliphatic heterocycles. The van der Waals surface area contributed by atoms with Gasteiger partial charge in [0.05, 0.1) is 0 Å². The zero-order chi connectivity index (χ0) is 14.5. The lowest BCUT2D eigenvalue weighted by Gasteiger charge is -2.08. The number of amides is 1. The molecule has 0 atom stereocenters. The number of hydrogen-bond donors (Lipinski definition) is 3. The van der Waals surface area contributed by atoms with E-state index in [0.29, 0.717) is 21.9 Å². The molecular formula is C14H14FN3OS. The summed E-state index contributed by atoms with van der Waals surface area (Å²) in [6, 6.07) is 11.5. The monoisotopic (exact) mass is 291 g/mol. The molecule has 0 spiro atoms. The molecule has 2 aromatic carbocycles. The van der Waals surface area contributed by atoms with Gasteiger partial charge in [0.25, 0.3) is 5.91 Å². The second-order valence-electron chi connectivity index (χ2n) is 4.14. The standard InChI is InChI=1S/C14H14FN3OS/c15-10-5-11(16)7-12(6-10)20-8-9-3-1-2-4-13(9)14(19)18-17/h1-7H,8,16-17H2,(H,18,19). The van der Waals surface area contributed by atoms with Gasteiger partial charge in [-0.3, -0.25) is 10.2 Å². The fourth-order valence-electron chi connectivity index (χ4n) is 1.77. The molecule has 0 bridgehead atoms. The van der Waals surface area contributed by atoms with Crippen LogP contribution in [0.1, 0.15) is 15.9 Å². The molecule has 4 nitrogen and oxygen atoms in total. The lowest BCUT2D eigenvalue weighted by Crippen LogP contribution is -2.30. The highest BCUT2D eigenvalue weighted by molar-refractivity contribution is 7.98. The molecular weight excluding hydrogens is 277 g/mol. The summed E-state index contributed by atoms with van der Waals surface area (Å²) < 4.78 is 13.2. The Morgan fingerprint density at radius 1 is 1.25 bits per heavy atom. The molecule has 6 heteroatoms. The van der Waals surface area contributed by atoms with Gasteiger partial charge >= 0.3 is 0 Å². The van der Waals surface area contributed by atoms with E-state index in [4.69, 9.17) is 11.6 Å². The number of rotatable bonds is 4. The molecule has 0 heterocycles. The van der Waals surface area contributed by atoms with Crippen LogP contribution in [0, 0.1) is 5.82 Å². The minimum atomic E-state index is -0.375. The van der Waals surface area contributed by atoms with Crippen LogP contribution in [0.4, 0.5) is 10.1 Å². The normalized spacial score (nSPS) is 10.3. The van der Waals surface area contributed by atoms with Gasteiger partial charge in [-0.25, -0.2) is 10.2 Å². The van der Waals surface area contributed by atoms with Crippen LogP contribution in [0.5, 0.6) is 0 Å². The quantitative estimate of drug-likeness (QED) is 0.265. The molecule has 0 saturated heterocycles. The Morgan fingerprint density at radius 2 is 2.00 bits per heavy atom. The molecule has 0 radical (unpaired) electrons. The predicted molar refractivity (Wildman–Crippen MR) is 78.5 cm³/mol. The summed E-state index contributed by atoms with van der Waals surface area (Å²) in [6.07, 6.45) is 0. The van der Waals surface area contributed by atoms with E-state index in [-0.39, 0.29) is 11.7 Å². The third-order valence-electron chi connectivity index (χ3n) is 2.68. The molecule has 1 amide bonds. The number of nitrogens with two attached hydrogens (primary N) is 2. The Kier molecular flexibility index (Phi) is 4.60. The van der Waals surface area contributed by atoms with Crippen LogP contribution in [0.15, 0.2) is 47.4 Å². The maximum Gasteiger partial charge on any atom is 0.265 e. The van der Waals surface area contributed by atoms with Crippen molar-refractivity contribution in [2.45, 2.75) is 10.6 Å². The highest BCUT2D eigenvalue weighted by Gasteiger charge is 2.10. The zero-order valence-corrected chi connectivity index (χ0v) is 11.4. The second-order valence-corrected chi connectivity index (χ2v) is 5.19. The van der Waals surface area contributed by atoms with E-state index in [1.165, 1.54) is 23.9 Å². The van der Waals surface area contributed by atoms with Crippen molar-refractivity contribution < 1.29 is 9.18 Å². The molecule has 0 aromatic heterocycles. The third-order valence-corrected chi connectivity index (χ3v) is 3.71. The van der Waals surface area contributed by atoms with Crippen LogP contribution in [0.3, 0.4) is 0 Å². The zero-order valence-electron chi connectivity index (χ0n) is 10.6. The second kappa shape index (κ2) is 6.40. The van der Waals surface area contributed by atoms with Gasteiger partial charge in [-0.15, -0.1) is 11.8 Å². The lowest BCUT2D eigenvalue weighted by atomic mass is 10.1. The number of halogens is 1. The molecule has 0 unspecified atom stereocenters. The van der Waals surface area contributed by atoms with E-state index in [1.807, 2.05) is 12.1 Å². The number of hydrazine groups is 1. The van der Waals surface area contributed by atoms with Crippen molar-refractivity contribution >= 4 is 23.4 Å². The SMILES string of the molecule is NNC(=O)c1ccccc1CSc1cc(N)cc(F)c1. The van der Waals surface area contributed by atoms with Crippen LogP contribution >= 0.6 is 11.8 Å². The number of hydrogen-bond acceptors (Lipinski definition) is 4. The Hall–Kier alpha value is -2.05. The first-order chi connectivity index (χ1) is 9.60. The summed E-state index contributed by atoms with van der Waals surface area (Å²) in [5.41, 5.74) is 9.41. The Labute approximate surface area is 120 Å². The summed E-state index contributed by atoms with van der Waals surface area (Å²) in [5.74, 6) is 4.95. The van der Waals surface area contributed by atoms with Crippen LogP contribution < -0.4 is 17.0 Å². The summed E-state index contributed by atoms with van der Waals surface area (Å²) in [5, 5.41) is 0. The number of carbonyl (C=O) groups is 1. The van der Waals surface area contributed by atoms with Gasteiger partial charge in [0, 0.05) is 21.9 Å². The fourth-order valence-corrected chi connectivity index (χ4v) is 2.76. The van der Waals surface area contributed by atoms with Gasteiger partial charge in [0.2, 0.25) is 0 Å². The largest absolute Gasteiger partial charge is 0.399 e. The highest BCUT2D eigenvalue weighted by Crippen LogP contribution is 2.26. The molecule has 0 aliphatic carbocycles. The summed E-state index contributed by atoms with van der Waals surface area (Å²) >= 11 is 1.40. The molecule has 0 aliphatic rings. The highest BCUT2D eigenvalue weighted by atomic mass is 32.2. The Bertz CT molecular complexity index is 613. The van der Waals surface area contributed by atoms with E-state index in [1.54, 1.807) is 18.2 Å². The molecule has 5 N–H and O–H groups in total. The van der Waals surface area contributed by atoms with E-state index in [9.17, 15) is 9.18 Å². The van der Waals surface area contributed by atoms with Gasteiger partial charge in [-0.05, 0) is 29.8 Å². The average Bonchev–Trinajstić information content (AvgIpc) is 2.43. The summed E-state index contributed by atoms with van der Waals surface area (Å²) in [4.78, 5) is 12.3. The van der Waals surface area contributed by atoms with Crippen molar-refractivity contribution in [3.05, 3.63) is 59.4 Å². The van der Waals surface area contributed by atoms with Gasteiger partial charge in [0.15, 0.2) is 0 Å². The number of benzene rings is 2.